The Morgan fingerprint density at radius 1 is 1.00 bits per heavy atom. The highest BCUT2D eigenvalue weighted by atomic mass is 35.5. The van der Waals surface area contributed by atoms with Gasteiger partial charge in [0.25, 0.3) is 0 Å². The second kappa shape index (κ2) is 8.60. The Morgan fingerprint density at radius 3 is 2.33 bits per heavy atom. The average molecular weight is 382 g/mol. The molecule has 0 saturated carbocycles. The van der Waals surface area contributed by atoms with Crippen LogP contribution in [0.4, 0.5) is 5.69 Å². The van der Waals surface area contributed by atoms with Crippen molar-refractivity contribution in [3.05, 3.63) is 94.0 Å². The van der Waals surface area contributed by atoms with E-state index >= 15 is 0 Å². The van der Waals surface area contributed by atoms with Gasteiger partial charge < -0.3 is 15.2 Å². The molecule has 5 heteroatoms. The molecule has 0 aliphatic heterocycles. The maximum Gasteiger partial charge on any atom is 0.335 e. The van der Waals surface area contributed by atoms with E-state index in [9.17, 15) is 4.79 Å². The van der Waals surface area contributed by atoms with Crippen molar-refractivity contribution in [2.24, 2.45) is 0 Å². The summed E-state index contributed by atoms with van der Waals surface area (Å²) in [5.41, 5.74) is 4.22. The molecule has 0 heterocycles. The third-order valence-corrected chi connectivity index (χ3v) is 4.46. The third kappa shape index (κ3) is 5.25. The Bertz CT molecular complexity index is 921. The van der Waals surface area contributed by atoms with Gasteiger partial charge >= 0.3 is 5.97 Å². The zero-order valence-electron chi connectivity index (χ0n) is 14.9. The van der Waals surface area contributed by atoms with Crippen molar-refractivity contribution in [2.45, 2.75) is 20.1 Å². The fourth-order valence-electron chi connectivity index (χ4n) is 2.59. The van der Waals surface area contributed by atoms with Gasteiger partial charge in [-0.3, -0.25) is 0 Å². The third-order valence-electron chi connectivity index (χ3n) is 4.21. The highest BCUT2D eigenvalue weighted by Gasteiger charge is 2.06. The number of rotatable bonds is 7. The Hall–Kier alpha value is -2.98. The molecule has 3 rings (SSSR count). The minimum atomic E-state index is -0.930. The molecule has 0 spiro atoms. The van der Waals surface area contributed by atoms with Crippen LogP contribution < -0.4 is 10.1 Å². The Morgan fingerprint density at radius 2 is 1.67 bits per heavy atom. The standard InChI is InChI=1S/C22H20ClNO3/c1-15-2-7-18(22(25)26)12-21(15)24-13-16-5-10-20(11-6-16)27-14-17-3-8-19(23)9-4-17/h2-12,24H,13-14H2,1H3,(H,25,26). The maximum absolute atomic E-state index is 11.1. The number of nitrogens with one attached hydrogen (secondary N) is 1. The van der Waals surface area contributed by atoms with Gasteiger partial charge in [-0.15, -0.1) is 0 Å². The molecular formula is C22H20ClNO3. The van der Waals surface area contributed by atoms with E-state index in [-0.39, 0.29) is 5.56 Å². The molecule has 2 N–H and O–H groups in total. The topological polar surface area (TPSA) is 58.6 Å². The zero-order valence-corrected chi connectivity index (χ0v) is 15.7. The number of aryl methyl sites for hydroxylation is 1. The second-order valence-electron chi connectivity index (χ2n) is 6.25. The molecule has 0 bridgehead atoms. The van der Waals surface area contributed by atoms with Crippen LogP contribution in [-0.4, -0.2) is 11.1 Å². The number of anilines is 1. The van der Waals surface area contributed by atoms with Crippen molar-refractivity contribution in [3.8, 4) is 5.75 Å². The molecule has 0 atom stereocenters. The van der Waals surface area contributed by atoms with E-state index in [1.165, 1.54) is 0 Å². The van der Waals surface area contributed by atoms with Crippen molar-refractivity contribution < 1.29 is 14.6 Å². The van der Waals surface area contributed by atoms with Crippen molar-refractivity contribution in [1.82, 2.24) is 0 Å². The van der Waals surface area contributed by atoms with Crippen LogP contribution in [0, 0.1) is 6.92 Å². The molecule has 0 aliphatic carbocycles. The number of benzene rings is 3. The molecule has 0 saturated heterocycles. The van der Waals surface area contributed by atoms with Gasteiger partial charge in [0, 0.05) is 17.3 Å². The monoisotopic (exact) mass is 381 g/mol. The number of carboxylic acids is 1. The molecule has 0 radical (unpaired) electrons. The molecule has 4 nitrogen and oxygen atoms in total. The summed E-state index contributed by atoms with van der Waals surface area (Å²) < 4.78 is 5.78. The second-order valence-corrected chi connectivity index (χ2v) is 6.68. The number of carboxylic acid groups (broad SMARTS) is 1. The van der Waals surface area contributed by atoms with Gasteiger partial charge in [0.2, 0.25) is 0 Å². The molecule has 0 fully saturated rings. The van der Waals surface area contributed by atoms with Crippen LogP contribution in [0.3, 0.4) is 0 Å². The maximum atomic E-state index is 11.1. The van der Waals surface area contributed by atoms with Gasteiger partial charge in [-0.1, -0.05) is 41.9 Å². The van der Waals surface area contributed by atoms with E-state index in [0.717, 1.165) is 28.1 Å². The largest absolute Gasteiger partial charge is 0.489 e. The SMILES string of the molecule is Cc1ccc(C(=O)O)cc1NCc1ccc(OCc2ccc(Cl)cc2)cc1. The van der Waals surface area contributed by atoms with Crippen LogP contribution in [0.15, 0.2) is 66.7 Å². The van der Waals surface area contributed by atoms with Crippen molar-refractivity contribution in [2.75, 3.05) is 5.32 Å². The van der Waals surface area contributed by atoms with Gasteiger partial charge in [0.15, 0.2) is 0 Å². The van der Waals surface area contributed by atoms with E-state index in [1.807, 2.05) is 55.5 Å². The zero-order chi connectivity index (χ0) is 19.2. The first-order valence-electron chi connectivity index (χ1n) is 8.55. The summed E-state index contributed by atoms with van der Waals surface area (Å²) in [7, 11) is 0. The van der Waals surface area contributed by atoms with Gasteiger partial charge in [0.1, 0.15) is 12.4 Å². The van der Waals surface area contributed by atoms with Crippen LogP contribution in [0.1, 0.15) is 27.0 Å². The number of halogens is 1. The summed E-state index contributed by atoms with van der Waals surface area (Å²) >= 11 is 5.88. The van der Waals surface area contributed by atoms with E-state index in [2.05, 4.69) is 5.32 Å². The smallest absolute Gasteiger partial charge is 0.335 e. The Balaban J connectivity index is 1.57. The predicted octanol–water partition coefficient (Wildman–Crippen LogP) is 5.54. The Labute approximate surface area is 163 Å². The van der Waals surface area contributed by atoms with Gasteiger partial charge in [0.05, 0.1) is 5.56 Å². The van der Waals surface area contributed by atoms with E-state index in [0.29, 0.717) is 18.2 Å². The first kappa shape index (κ1) is 18.8. The molecular weight excluding hydrogens is 362 g/mol. The first-order valence-corrected chi connectivity index (χ1v) is 8.93. The number of hydrogen-bond donors (Lipinski definition) is 2. The predicted molar refractivity (Wildman–Crippen MR) is 108 cm³/mol. The highest BCUT2D eigenvalue weighted by molar-refractivity contribution is 6.30. The summed E-state index contributed by atoms with van der Waals surface area (Å²) in [6.07, 6.45) is 0. The molecule has 3 aromatic rings. The fourth-order valence-corrected chi connectivity index (χ4v) is 2.72. The lowest BCUT2D eigenvalue weighted by atomic mass is 10.1. The summed E-state index contributed by atoms with van der Waals surface area (Å²) in [6, 6.07) is 20.5. The summed E-state index contributed by atoms with van der Waals surface area (Å²) in [5.74, 6) is -0.141. The number of carbonyl (C=O) groups is 1. The lowest BCUT2D eigenvalue weighted by Gasteiger charge is -2.11. The summed E-state index contributed by atoms with van der Waals surface area (Å²) in [4.78, 5) is 11.1. The molecule has 0 unspecified atom stereocenters. The Kier molecular flexibility index (Phi) is 5.99. The molecule has 0 aromatic heterocycles. The highest BCUT2D eigenvalue weighted by Crippen LogP contribution is 2.20. The number of hydrogen-bond acceptors (Lipinski definition) is 3. The number of aromatic carboxylic acids is 1. The van der Waals surface area contributed by atoms with Crippen molar-refractivity contribution >= 4 is 23.3 Å². The van der Waals surface area contributed by atoms with Crippen LogP contribution in [-0.2, 0) is 13.2 Å². The van der Waals surface area contributed by atoms with E-state index in [1.54, 1.807) is 18.2 Å². The lowest BCUT2D eigenvalue weighted by molar-refractivity contribution is 0.0697. The molecule has 0 aliphatic rings. The first-order chi connectivity index (χ1) is 13.0. The summed E-state index contributed by atoms with van der Waals surface area (Å²) in [5, 5.41) is 13.1. The molecule has 0 amide bonds. The van der Waals surface area contributed by atoms with Crippen molar-refractivity contribution in [1.29, 1.82) is 0 Å². The minimum Gasteiger partial charge on any atom is -0.489 e. The quantitative estimate of drug-likeness (QED) is 0.564. The minimum absolute atomic E-state index is 0.272. The average Bonchev–Trinajstić information content (AvgIpc) is 2.67. The molecule has 3 aromatic carbocycles. The number of ether oxygens (including phenoxy) is 1. The van der Waals surface area contributed by atoms with Gasteiger partial charge in [-0.25, -0.2) is 4.79 Å². The lowest BCUT2D eigenvalue weighted by Crippen LogP contribution is -2.04. The van der Waals surface area contributed by atoms with Crippen LogP contribution in [0.5, 0.6) is 5.75 Å². The van der Waals surface area contributed by atoms with Gasteiger partial charge in [-0.2, -0.15) is 0 Å². The van der Waals surface area contributed by atoms with Crippen LogP contribution in [0.25, 0.3) is 0 Å². The normalized spacial score (nSPS) is 10.4. The fraction of sp³-hybridized carbons (Fsp3) is 0.136. The van der Waals surface area contributed by atoms with E-state index < -0.39 is 5.97 Å². The van der Waals surface area contributed by atoms with Crippen LogP contribution in [0.2, 0.25) is 5.02 Å². The van der Waals surface area contributed by atoms with Crippen molar-refractivity contribution in [3.63, 3.8) is 0 Å². The molecule has 27 heavy (non-hydrogen) atoms. The summed E-state index contributed by atoms with van der Waals surface area (Å²) in [6.45, 7) is 3.03. The van der Waals surface area contributed by atoms with Crippen LogP contribution >= 0.6 is 11.6 Å². The van der Waals surface area contributed by atoms with E-state index in [4.69, 9.17) is 21.4 Å². The van der Waals surface area contributed by atoms with Gasteiger partial charge in [-0.05, 0) is 60.0 Å². The molecule has 138 valence electrons.